The summed E-state index contributed by atoms with van der Waals surface area (Å²) in [5, 5.41) is 0. The monoisotopic (exact) mass is 288 g/mol. The maximum absolute atomic E-state index is 12.4. The quantitative estimate of drug-likeness (QED) is 0.804. The van der Waals surface area contributed by atoms with Crippen LogP contribution in [0.3, 0.4) is 0 Å². The van der Waals surface area contributed by atoms with Crippen LogP contribution < -0.4 is 0 Å². The molecule has 1 aromatic heterocycles. The molecule has 0 N–H and O–H groups in total. The molecule has 6 nitrogen and oxygen atoms in total. The summed E-state index contributed by atoms with van der Waals surface area (Å²) in [5.41, 5.74) is 1.19. The van der Waals surface area contributed by atoms with E-state index in [4.69, 9.17) is 0 Å². The number of carbonyl (C=O) groups is 2. The van der Waals surface area contributed by atoms with Crippen molar-refractivity contribution in [3.8, 4) is 0 Å². The molecule has 2 heterocycles. The van der Waals surface area contributed by atoms with Crippen LogP contribution in [0.2, 0.25) is 0 Å². The number of hydrogen-bond acceptors (Lipinski definition) is 4. The van der Waals surface area contributed by atoms with Crippen LogP contribution in [-0.4, -0.2) is 58.8 Å². The van der Waals surface area contributed by atoms with E-state index in [0.717, 1.165) is 18.5 Å². The topological polar surface area (TPSA) is 66.4 Å². The van der Waals surface area contributed by atoms with Crippen molar-refractivity contribution < 1.29 is 9.59 Å². The van der Waals surface area contributed by atoms with Crippen LogP contribution in [0, 0.1) is 18.3 Å². The number of rotatable bonds is 2. The predicted molar refractivity (Wildman–Crippen MR) is 76.5 cm³/mol. The Balaban J connectivity index is 1.67. The average molecular weight is 288 g/mol. The number of aromatic nitrogens is 2. The molecule has 2 aliphatic rings. The predicted octanol–water partition coefficient (Wildman–Crippen LogP) is 0.725. The Hall–Kier alpha value is -1.98. The van der Waals surface area contributed by atoms with Gasteiger partial charge in [-0.25, -0.2) is 4.98 Å². The van der Waals surface area contributed by atoms with E-state index < -0.39 is 0 Å². The number of carbonyl (C=O) groups excluding carboxylic acids is 2. The molecule has 0 unspecified atom stereocenters. The Morgan fingerprint density at radius 1 is 1.33 bits per heavy atom. The molecule has 1 aliphatic heterocycles. The van der Waals surface area contributed by atoms with E-state index in [1.54, 1.807) is 25.2 Å². The molecule has 2 fully saturated rings. The second-order valence-electron chi connectivity index (χ2n) is 6.37. The normalized spacial score (nSPS) is 27.0. The van der Waals surface area contributed by atoms with Crippen molar-refractivity contribution in [1.29, 1.82) is 0 Å². The van der Waals surface area contributed by atoms with Crippen LogP contribution in [0.15, 0.2) is 12.4 Å². The third-order valence-corrected chi connectivity index (χ3v) is 4.60. The van der Waals surface area contributed by atoms with Crippen LogP contribution in [0.5, 0.6) is 0 Å². The number of likely N-dealkylation sites (tertiary alicyclic amines) is 1. The Labute approximate surface area is 124 Å². The van der Waals surface area contributed by atoms with E-state index in [9.17, 15) is 9.59 Å². The molecule has 6 heteroatoms. The molecule has 1 saturated heterocycles. The minimum atomic E-state index is -0.0812. The van der Waals surface area contributed by atoms with Gasteiger partial charge < -0.3 is 9.80 Å². The van der Waals surface area contributed by atoms with Crippen molar-refractivity contribution in [2.75, 3.05) is 27.2 Å². The maximum Gasteiger partial charge on any atom is 0.274 e. The highest BCUT2D eigenvalue weighted by Gasteiger charge is 2.61. The molecule has 21 heavy (non-hydrogen) atoms. The molecule has 0 bridgehead atoms. The van der Waals surface area contributed by atoms with Crippen LogP contribution in [0.4, 0.5) is 0 Å². The Kier molecular flexibility index (Phi) is 3.19. The standard InChI is InChI=1S/C15H20N4O2/c1-10-7-17-12(8-16-10)14(21)19-5-4-15(9-19)6-11(15)13(20)18(2)3/h7-8,11H,4-6,9H2,1-3H3/t11-,15-/m1/s1. The first-order valence-corrected chi connectivity index (χ1v) is 7.22. The summed E-state index contributed by atoms with van der Waals surface area (Å²) in [6.45, 7) is 3.20. The van der Waals surface area contributed by atoms with Crippen molar-refractivity contribution in [2.24, 2.45) is 11.3 Å². The first-order chi connectivity index (χ1) is 9.93. The molecule has 112 valence electrons. The molecular weight excluding hydrogens is 268 g/mol. The number of aryl methyl sites for hydroxylation is 1. The summed E-state index contributed by atoms with van der Waals surface area (Å²) < 4.78 is 0. The highest BCUT2D eigenvalue weighted by Crippen LogP contribution is 2.59. The zero-order chi connectivity index (χ0) is 15.2. The highest BCUT2D eigenvalue weighted by molar-refractivity contribution is 5.92. The van der Waals surface area contributed by atoms with Gasteiger partial charge in [0.2, 0.25) is 5.91 Å². The summed E-state index contributed by atoms with van der Waals surface area (Å²) in [5.74, 6) is 0.177. The summed E-state index contributed by atoms with van der Waals surface area (Å²) in [7, 11) is 3.57. The Morgan fingerprint density at radius 2 is 2.10 bits per heavy atom. The first kappa shape index (κ1) is 14.0. The van der Waals surface area contributed by atoms with Crippen molar-refractivity contribution in [3.63, 3.8) is 0 Å². The van der Waals surface area contributed by atoms with Gasteiger partial charge in [0, 0.05) is 44.7 Å². The summed E-state index contributed by atoms with van der Waals surface area (Å²) >= 11 is 0. The maximum atomic E-state index is 12.4. The molecular formula is C15H20N4O2. The third-order valence-electron chi connectivity index (χ3n) is 4.60. The Morgan fingerprint density at radius 3 is 2.71 bits per heavy atom. The van der Waals surface area contributed by atoms with Gasteiger partial charge in [-0.1, -0.05) is 0 Å². The van der Waals surface area contributed by atoms with Gasteiger partial charge in [0.1, 0.15) is 5.69 Å². The van der Waals surface area contributed by atoms with E-state index in [-0.39, 0.29) is 23.1 Å². The second-order valence-corrected chi connectivity index (χ2v) is 6.37. The lowest BCUT2D eigenvalue weighted by Crippen LogP contribution is -2.31. The number of amides is 2. The van der Waals surface area contributed by atoms with E-state index >= 15 is 0 Å². The van der Waals surface area contributed by atoms with Gasteiger partial charge >= 0.3 is 0 Å². The molecule has 2 atom stereocenters. The fraction of sp³-hybridized carbons (Fsp3) is 0.600. The molecule has 1 aromatic rings. The van der Waals surface area contributed by atoms with Gasteiger partial charge in [-0.2, -0.15) is 0 Å². The molecule has 0 radical (unpaired) electrons. The van der Waals surface area contributed by atoms with Crippen LogP contribution in [-0.2, 0) is 4.79 Å². The van der Waals surface area contributed by atoms with Gasteiger partial charge in [0.25, 0.3) is 5.91 Å². The Bertz CT molecular complexity index is 584. The molecule has 1 saturated carbocycles. The second kappa shape index (κ2) is 4.79. The first-order valence-electron chi connectivity index (χ1n) is 7.22. The van der Waals surface area contributed by atoms with Gasteiger partial charge in [-0.05, 0) is 19.8 Å². The van der Waals surface area contributed by atoms with E-state index in [2.05, 4.69) is 9.97 Å². The van der Waals surface area contributed by atoms with Crippen molar-refractivity contribution >= 4 is 11.8 Å². The van der Waals surface area contributed by atoms with Crippen molar-refractivity contribution in [3.05, 3.63) is 23.8 Å². The van der Waals surface area contributed by atoms with Crippen molar-refractivity contribution in [1.82, 2.24) is 19.8 Å². The molecule has 2 amide bonds. The number of nitrogens with zero attached hydrogens (tertiary/aromatic N) is 4. The highest BCUT2D eigenvalue weighted by atomic mass is 16.2. The van der Waals surface area contributed by atoms with Crippen molar-refractivity contribution in [2.45, 2.75) is 19.8 Å². The smallest absolute Gasteiger partial charge is 0.274 e. The van der Waals surface area contributed by atoms with Crippen LogP contribution in [0.25, 0.3) is 0 Å². The third kappa shape index (κ3) is 2.39. The fourth-order valence-corrected chi connectivity index (χ4v) is 3.19. The largest absolute Gasteiger partial charge is 0.349 e. The minimum absolute atomic E-state index is 0.00907. The molecule has 0 aromatic carbocycles. The fourth-order valence-electron chi connectivity index (χ4n) is 3.19. The summed E-state index contributed by atoms with van der Waals surface area (Å²) in [6, 6.07) is 0. The average Bonchev–Trinajstić information content (AvgIpc) is 2.98. The molecule has 3 rings (SSSR count). The number of hydrogen-bond donors (Lipinski definition) is 0. The van der Waals surface area contributed by atoms with Crippen LogP contribution in [0.1, 0.15) is 29.0 Å². The van der Waals surface area contributed by atoms with Gasteiger partial charge in [-0.15, -0.1) is 0 Å². The van der Waals surface area contributed by atoms with Crippen LogP contribution >= 0.6 is 0 Å². The lowest BCUT2D eigenvalue weighted by atomic mass is 10.0. The zero-order valence-electron chi connectivity index (χ0n) is 12.7. The van der Waals surface area contributed by atoms with Gasteiger partial charge in [-0.3, -0.25) is 14.6 Å². The zero-order valence-corrected chi connectivity index (χ0v) is 12.7. The van der Waals surface area contributed by atoms with Gasteiger partial charge in [0.15, 0.2) is 0 Å². The van der Waals surface area contributed by atoms with Gasteiger partial charge in [0.05, 0.1) is 11.9 Å². The lowest BCUT2D eigenvalue weighted by Gasteiger charge is -2.17. The van der Waals surface area contributed by atoms with E-state index in [1.807, 2.05) is 11.8 Å². The minimum Gasteiger partial charge on any atom is -0.349 e. The van der Waals surface area contributed by atoms with E-state index in [1.165, 1.54) is 6.20 Å². The summed E-state index contributed by atoms with van der Waals surface area (Å²) in [4.78, 5) is 36.2. The lowest BCUT2D eigenvalue weighted by molar-refractivity contribution is -0.130. The SMILES string of the molecule is Cc1cnc(C(=O)N2CC[C@@]3(C[C@@H]3C(=O)N(C)C)C2)cn1. The molecule has 1 spiro atoms. The van der Waals surface area contributed by atoms with E-state index in [0.29, 0.717) is 18.8 Å². The molecule has 1 aliphatic carbocycles. The summed E-state index contributed by atoms with van der Waals surface area (Å²) in [6.07, 6.45) is 4.93.